The lowest BCUT2D eigenvalue weighted by molar-refractivity contribution is -0.146. The van der Waals surface area contributed by atoms with Gasteiger partial charge in [-0.1, -0.05) is 37.5 Å². The van der Waals surface area contributed by atoms with Gasteiger partial charge in [0.25, 0.3) is 0 Å². The molecular formula is C17H26O2. The number of allylic oxidation sites excluding steroid dienone is 2. The molecule has 0 spiro atoms. The first-order chi connectivity index (χ1) is 8.83. The first-order valence-electron chi connectivity index (χ1n) is 7.40. The van der Waals surface area contributed by atoms with Crippen LogP contribution in [-0.4, -0.2) is 12.1 Å². The molecule has 0 N–H and O–H groups in total. The maximum atomic E-state index is 11.3. The summed E-state index contributed by atoms with van der Waals surface area (Å²) in [5.41, 5.74) is 4.27. The number of hydrogen-bond donors (Lipinski definition) is 0. The smallest absolute Gasteiger partial charge is 0.303 e. The quantitative estimate of drug-likeness (QED) is 0.654. The number of carbonyl (C=O) groups is 1. The van der Waals surface area contributed by atoms with Crippen LogP contribution in [0.25, 0.3) is 0 Å². The highest BCUT2D eigenvalue weighted by Gasteiger charge is 2.42. The van der Waals surface area contributed by atoms with Gasteiger partial charge in [-0.2, -0.15) is 0 Å². The Bertz CT molecular complexity index is 440. The average Bonchev–Trinajstić information content (AvgIpc) is 2.26. The zero-order valence-electron chi connectivity index (χ0n) is 12.9. The van der Waals surface area contributed by atoms with E-state index in [0.717, 1.165) is 6.42 Å². The molecule has 0 radical (unpaired) electrons. The second-order valence-corrected chi connectivity index (χ2v) is 6.71. The number of rotatable bonds is 1. The third-order valence-corrected chi connectivity index (χ3v) is 4.77. The van der Waals surface area contributed by atoms with E-state index in [1.807, 2.05) is 0 Å². The third kappa shape index (κ3) is 2.77. The molecule has 2 aliphatic rings. The van der Waals surface area contributed by atoms with Crippen molar-refractivity contribution in [2.75, 3.05) is 0 Å². The minimum Gasteiger partial charge on any atom is -0.458 e. The number of hydrogen-bond acceptors (Lipinski definition) is 2. The number of carbonyl (C=O) groups excluding carboxylic acids is 1. The fourth-order valence-electron chi connectivity index (χ4n) is 3.78. The van der Waals surface area contributed by atoms with Crippen molar-refractivity contribution >= 4 is 5.97 Å². The Labute approximate surface area is 116 Å². The maximum absolute atomic E-state index is 11.3. The van der Waals surface area contributed by atoms with Gasteiger partial charge in [-0.15, -0.1) is 0 Å². The van der Waals surface area contributed by atoms with Gasteiger partial charge in [-0.05, 0) is 50.0 Å². The van der Waals surface area contributed by atoms with Gasteiger partial charge < -0.3 is 4.74 Å². The zero-order valence-corrected chi connectivity index (χ0v) is 12.9. The van der Waals surface area contributed by atoms with Crippen LogP contribution in [0.2, 0.25) is 0 Å². The zero-order chi connectivity index (χ0) is 14.2. The largest absolute Gasteiger partial charge is 0.458 e. The molecule has 1 fully saturated rings. The second-order valence-electron chi connectivity index (χ2n) is 6.71. The van der Waals surface area contributed by atoms with Crippen LogP contribution < -0.4 is 0 Å². The van der Waals surface area contributed by atoms with Crippen LogP contribution >= 0.6 is 0 Å². The van der Waals surface area contributed by atoms with Crippen molar-refractivity contribution < 1.29 is 9.53 Å². The summed E-state index contributed by atoms with van der Waals surface area (Å²) < 4.78 is 5.57. The van der Waals surface area contributed by atoms with Gasteiger partial charge in [0.2, 0.25) is 0 Å². The van der Waals surface area contributed by atoms with Gasteiger partial charge >= 0.3 is 5.97 Å². The van der Waals surface area contributed by atoms with E-state index in [-0.39, 0.29) is 17.5 Å². The van der Waals surface area contributed by atoms with E-state index in [1.165, 1.54) is 37.3 Å². The predicted molar refractivity (Wildman–Crippen MR) is 77.8 cm³/mol. The van der Waals surface area contributed by atoms with E-state index in [2.05, 4.69) is 33.8 Å². The molecule has 0 saturated heterocycles. The highest BCUT2D eigenvalue weighted by Crippen LogP contribution is 2.51. The Morgan fingerprint density at radius 1 is 1.37 bits per heavy atom. The number of esters is 1. The summed E-state index contributed by atoms with van der Waals surface area (Å²) in [5.74, 6) is 0.486. The molecule has 19 heavy (non-hydrogen) atoms. The van der Waals surface area contributed by atoms with Crippen molar-refractivity contribution in [1.82, 2.24) is 0 Å². The third-order valence-electron chi connectivity index (χ3n) is 4.77. The lowest BCUT2D eigenvalue weighted by Gasteiger charge is -2.46. The summed E-state index contributed by atoms with van der Waals surface area (Å²) in [6.45, 7) is 10.4. The lowest BCUT2D eigenvalue weighted by atomic mass is 9.61. The molecule has 0 aromatic carbocycles. The molecule has 106 valence electrons. The van der Waals surface area contributed by atoms with Crippen molar-refractivity contribution in [1.29, 1.82) is 0 Å². The minimum absolute atomic E-state index is 0.0541. The van der Waals surface area contributed by atoms with E-state index in [4.69, 9.17) is 4.74 Å². The number of fused-ring (bicyclic) bond motifs is 1. The van der Waals surface area contributed by atoms with Crippen molar-refractivity contribution in [2.45, 2.75) is 66.4 Å². The molecule has 0 unspecified atom stereocenters. The standard InChI is InChI=1S/C17H26O2/c1-11(2)14-9-15-12(3)7-6-8-17(15,5)10-16(14)19-13(4)18/h9,12,16H,6-8,10H2,1-5H3/t12-,16-,17-/m1/s1. The molecule has 2 nitrogen and oxygen atoms in total. The van der Waals surface area contributed by atoms with Gasteiger partial charge in [-0.25, -0.2) is 0 Å². The number of ether oxygens (including phenoxy) is 1. The maximum Gasteiger partial charge on any atom is 0.303 e. The van der Waals surface area contributed by atoms with Crippen LogP contribution in [0, 0.1) is 11.3 Å². The van der Waals surface area contributed by atoms with Gasteiger partial charge in [0.15, 0.2) is 0 Å². The fourth-order valence-corrected chi connectivity index (χ4v) is 3.78. The van der Waals surface area contributed by atoms with Crippen LogP contribution in [0.5, 0.6) is 0 Å². The Morgan fingerprint density at radius 2 is 2.05 bits per heavy atom. The summed E-state index contributed by atoms with van der Waals surface area (Å²) in [4.78, 5) is 11.3. The van der Waals surface area contributed by atoms with Crippen LogP contribution in [0.4, 0.5) is 0 Å². The molecule has 0 aromatic heterocycles. The molecule has 0 aliphatic heterocycles. The predicted octanol–water partition coefficient (Wildman–Crippen LogP) is 4.41. The van der Waals surface area contributed by atoms with Crippen LogP contribution in [0.15, 0.2) is 22.8 Å². The van der Waals surface area contributed by atoms with E-state index in [0.29, 0.717) is 5.92 Å². The normalized spacial score (nSPS) is 34.4. The molecule has 0 bridgehead atoms. The Morgan fingerprint density at radius 3 is 2.63 bits per heavy atom. The monoisotopic (exact) mass is 262 g/mol. The van der Waals surface area contributed by atoms with E-state index >= 15 is 0 Å². The summed E-state index contributed by atoms with van der Waals surface area (Å²) in [7, 11) is 0. The van der Waals surface area contributed by atoms with E-state index in [9.17, 15) is 4.79 Å². The molecule has 1 saturated carbocycles. The summed E-state index contributed by atoms with van der Waals surface area (Å²) in [5, 5.41) is 0. The minimum atomic E-state index is -0.173. The average molecular weight is 262 g/mol. The molecule has 0 aromatic rings. The highest BCUT2D eigenvalue weighted by molar-refractivity contribution is 5.67. The summed E-state index contributed by atoms with van der Waals surface area (Å²) in [6, 6.07) is 0. The molecule has 0 amide bonds. The van der Waals surface area contributed by atoms with Crippen molar-refractivity contribution in [2.24, 2.45) is 11.3 Å². The lowest BCUT2D eigenvalue weighted by Crippen LogP contribution is -2.38. The topological polar surface area (TPSA) is 26.3 Å². The van der Waals surface area contributed by atoms with E-state index < -0.39 is 0 Å². The van der Waals surface area contributed by atoms with Gasteiger partial charge in [-0.3, -0.25) is 4.79 Å². The van der Waals surface area contributed by atoms with Gasteiger partial charge in [0.05, 0.1) is 0 Å². The molecule has 3 atom stereocenters. The first-order valence-corrected chi connectivity index (χ1v) is 7.40. The van der Waals surface area contributed by atoms with Crippen molar-refractivity contribution in [3.8, 4) is 0 Å². The highest BCUT2D eigenvalue weighted by atomic mass is 16.5. The van der Waals surface area contributed by atoms with Gasteiger partial charge in [0.1, 0.15) is 6.10 Å². The Hall–Kier alpha value is -1.05. The Kier molecular flexibility index (Phi) is 3.89. The first kappa shape index (κ1) is 14.4. The van der Waals surface area contributed by atoms with Crippen LogP contribution in [0.3, 0.4) is 0 Å². The van der Waals surface area contributed by atoms with Crippen LogP contribution in [-0.2, 0) is 9.53 Å². The van der Waals surface area contributed by atoms with Crippen LogP contribution in [0.1, 0.15) is 60.3 Å². The molecule has 0 heterocycles. The Balaban J connectivity index is 2.42. The second kappa shape index (κ2) is 5.15. The van der Waals surface area contributed by atoms with Crippen molar-refractivity contribution in [3.63, 3.8) is 0 Å². The van der Waals surface area contributed by atoms with E-state index in [1.54, 1.807) is 5.57 Å². The summed E-state index contributed by atoms with van der Waals surface area (Å²) in [6.07, 6.45) is 7.01. The fraction of sp³-hybridized carbons (Fsp3) is 0.706. The van der Waals surface area contributed by atoms with Gasteiger partial charge in [0, 0.05) is 6.92 Å². The molecular weight excluding hydrogens is 236 g/mol. The SMILES string of the molecule is CC(=O)O[C@@H]1C[C@@]2(C)CCC[C@@H](C)C2=CC1=C(C)C. The van der Waals surface area contributed by atoms with Crippen molar-refractivity contribution in [3.05, 3.63) is 22.8 Å². The summed E-state index contributed by atoms with van der Waals surface area (Å²) >= 11 is 0. The molecule has 2 rings (SSSR count). The molecule has 2 aliphatic carbocycles. The molecule has 2 heteroatoms.